The second kappa shape index (κ2) is 20.1. The third-order valence-electron chi connectivity index (χ3n) is 20.1. The molecule has 0 N–H and O–H groups in total. The summed E-state index contributed by atoms with van der Waals surface area (Å²) in [7, 11) is 0. The first-order chi connectivity index (χ1) is 50.6. The average Bonchev–Trinajstić information content (AvgIpc) is 1.49. The highest BCUT2D eigenvalue weighted by Gasteiger charge is 2.44. The quantitative estimate of drug-likeness (QED) is 0.123. The Labute approximate surface area is 565 Å². The van der Waals surface area contributed by atoms with Crippen LogP contribution >= 0.6 is 0 Å². The van der Waals surface area contributed by atoms with Crippen molar-refractivity contribution in [1.29, 1.82) is 0 Å². The van der Waals surface area contributed by atoms with Crippen molar-refractivity contribution in [2.24, 2.45) is 0 Å². The van der Waals surface area contributed by atoms with E-state index >= 15 is 0 Å². The number of para-hydroxylation sites is 2. The van der Waals surface area contributed by atoms with Crippen molar-refractivity contribution in [2.45, 2.75) is 103 Å². The number of hydrogen-bond donors (Lipinski definition) is 0. The maximum absolute atomic E-state index is 11.0. The third kappa shape index (κ3) is 8.38. The Hall–Kier alpha value is -10.4. The number of imidazole rings is 1. The van der Waals surface area contributed by atoms with Crippen molar-refractivity contribution >= 4 is 32.8 Å². The van der Waals surface area contributed by atoms with Crippen molar-refractivity contribution in [3.8, 4) is 84.3 Å². The van der Waals surface area contributed by atoms with Gasteiger partial charge in [0.15, 0.2) is 0 Å². The second-order valence-corrected chi connectivity index (χ2v) is 28.2. The summed E-state index contributed by atoms with van der Waals surface area (Å²) in [5, 5.41) is 2.09. The summed E-state index contributed by atoms with van der Waals surface area (Å²) in [6.07, 6.45) is 5.72. The van der Waals surface area contributed by atoms with Crippen LogP contribution in [0.2, 0.25) is 0 Å². The fraction of sp³-hybridized carbons (Fsp3) is 0.182. The molecule has 0 fully saturated rings. The van der Waals surface area contributed by atoms with Gasteiger partial charge in [-0.2, -0.15) is 0 Å². The van der Waals surface area contributed by atoms with Gasteiger partial charge in [0.25, 0.3) is 6.33 Å². The molecular weight excluding hydrogens is 1130 g/mol. The Morgan fingerprint density at radius 3 is 1.59 bits per heavy atom. The lowest BCUT2D eigenvalue weighted by Gasteiger charge is -2.44. The van der Waals surface area contributed by atoms with E-state index in [9.17, 15) is 13.7 Å². The topological polar surface area (TPSA) is 35.9 Å². The average molecular weight is 1220 g/mol. The summed E-state index contributed by atoms with van der Waals surface area (Å²) in [6, 6.07) is 47.6. The van der Waals surface area contributed by atoms with E-state index in [4.69, 9.17) is 15.2 Å². The summed E-state index contributed by atoms with van der Waals surface area (Å²) in [5.74, 6) is 1.85. The van der Waals surface area contributed by atoms with Gasteiger partial charge in [0.05, 0.1) is 52.6 Å². The monoisotopic (exact) mass is 1220 g/mol. The predicted octanol–water partition coefficient (Wildman–Crippen LogP) is 21.9. The third-order valence-corrected chi connectivity index (χ3v) is 20.1. The first kappa shape index (κ1) is 43.4. The molecular formula is C88H74N4O. The smallest absolute Gasteiger partial charge is 0.269 e. The van der Waals surface area contributed by atoms with Gasteiger partial charge in [-0.15, -0.1) is 0 Å². The molecule has 0 radical (unpaired) electrons. The molecule has 0 spiro atoms. The zero-order valence-electron chi connectivity index (χ0n) is 67.8. The maximum Gasteiger partial charge on any atom is 0.269 e. The number of nitrogens with zero attached hydrogens (tertiary/aromatic N) is 4. The molecule has 2 aliphatic carbocycles. The van der Waals surface area contributed by atoms with Gasteiger partial charge in [-0.05, 0) is 160 Å². The molecule has 3 aromatic heterocycles. The summed E-state index contributed by atoms with van der Waals surface area (Å²) < 4.78 is 150. The Kier molecular flexibility index (Phi) is 9.37. The molecule has 0 bridgehead atoms. The van der Waals surface area contributed by atoms with Crippen molar-refractivity contribution in [3.63, 3.8) is 0 Å². The highest BCUT2D eigenvalue weighted by atomic mass is 16.5. The summed E-state index contributed by atoms with van der Waals surface area (Å²) in [6.45, 7) is 21.0. The summed E-state index contributed by atoms with van der Waals surface area (Å²) in [4.78, 5) is 4.93. The standard InChI is InChI=1S/C88H74N4O/c1-84(2,3)56-46-47-89-80(50-56)92-77-36-21-16-29-65(77)66-41-40-59(52-79(66)92)93-58-25-22-24-57(51-58)90-53-91-82-68(31-23-37-78(82)90)64-28-13-12-26-62(64)63-27-14-15-30-67(63)81-60(54-38-44-73-75(48-54)87(8,9)71-34-19-17-32-69(71)85(73,4)5)42-43-61(83(81)91)55-39-45-74-76(49-55)88(10,11)72-35-20-18-33-70(72)86(74,6)7/h12-52H,1-11H3/i17D,18D,19D,20D,32D,33D,34D,35D,38D,39D,44D,45D,48D,49D. The normalized spacial score (nSPS) is 17.3. The Bertz CT molecular complexity index is 6350. The fourth-order valence-electron chi connectivity index (χ4n) is 15.2. The lowest BCUT2D eigenvalue weighted by atomic mass is 9.59. The Balaban J connectivity index is 0.974. The molecule has 0 saturated heterocycles. The minimum atomic E-state index is -1.36. The van der Waals surface area contributed by atoms with Crippen molar-refractivity contribution in [1.82, 2.24) is 14.1 Å². The van der Waals surface area contributed by atoms with Crippen LogP contribution in [0.1, 0.15) is 145 Å². The first-order valence-corrected chi connectivity index (χ1v) is 31.8. The highest BCUT2D eigenvalue weighted by molar-refractivity contribution is 6.10. The molecule has 14 aromatic rings. The van der Waals surface area contributed by atoms with Crippen LogP contribution in [0.3, 0.4) is 0 Å². The second-order valence-electron chi connectivity index (χ2n) is 28.2. The molecule has 452 valence electrons. The summed E-state index contributed by atoms with van der Waals surface area (Å²) >= 11 is 0. The Morgan fingerprint density at radius 2 is 0.946 bits per heavy atom. The molecule has 3 aliphatic rings. The van der Waals surface area contributed by atoms with E-state index in [-0.39, 0.29) is 105 Å². The Morgan fingerprint density at radius 1 is 0.441 bits per heavy atom. The molecule has 93 heavy (non-hydrogen) atoms. The van der Waals surface area contributed by atoms with E-state index < -0.39 is 45.8 Å². The van der Waals surface area contributed by atoms with E-state index in [0.717, 1.165) is 55.4 Å². The highest BCUT2D eigenvalue weighted by Crippen LogP contribution is 2.55. The predicted molar refractivity (Wildman–Crippen MR) is 383 cm³/mol. The van der Waals surface area contributed by atoms with E-state index in [0.29, 0.717) is 72.9 Å². The minimum Gasteiger partial charge on any atom is -0.458 e. The molecule has 1 aliphatic heterocycles. The molecule has 0 atom stereocenters. The summed E-state index contributed by atoms with van der Waals surface area (Å²) in [5.41, 5.74) is 6.97. The van der Waals surface area contributed by atoms with Gasteiger partial charge in [-0.3, -0.25) is 13.7 Å². The molecule has 5 heteroatoms. The number of aromatic nitrogens is 4. The number of fused-ring (bicyclic) bond motifs is 14. The van der Waals surface area contributed by atoms with E-state index in [1.165, 1.54) is 0 Å². The molecule has 4 heterocycles. The van der Waals surface area contributed by atoms with Crippen molar-refractivity contribution < 1.29 is 28.5 Å². The molecule has 0 unspecified atom stereocenters. The first-order valence-electron chi connectivity index (χ1n) is 38.8. The van der Waals surface area contributed by atoms with Crippen LogP contribution in [0.15, 0.2) is 249 Å². The zero-order chi connectivity index (χ0) is 75.8. The van der Waals surface area contributed by atoms with Crippen LogP contribution in [0.25, 0.3) is 106 Å². The van der Waals surface area contributed by atoms with Crippen LogP contribution in [0.4, 0.5) is 0 Å². The lowest BCUT2D eigenvalue weighted by Crippen LogP contribution is -2.36. The molecule has 5 nitrogen and oxygen atoms in total. The van der Waals surface area contributed by atoms with E-state index in [2.05, 4.69) is 74.1 Å². The lowest BCUT2D eigenvalue weighted by molar-refractivity contribution is -0.570. The molecule has 0 saturated carbocycles. The van der Waals surface area contributed by atoms with Crippen LogP contribution in [0.5, 0.6) is 11.5 Å². The number of hydrogen-bond acceptors (Lipinski definition) is 2. The van der Waals surface area contributed by atoms with Crippen molar-refractivity contribution in [2.75, 3.05) is 0 Å². The van der Waals surface area contributed by atoms with Gasteiger partial charge in [0.1, 0.15) is 17.3 Å². The number of pyridine rings is 1. The fourth-order valence-corrected chi connectivity index (χ4v) is 15.2. The number of benzene rings is 11. The van der Waals surface area contributed by atoms with Crippen LogP contribution < -0.4 is 9.30 Å². The number of rotatable bonds is 6. The van der Waals surface area contributed by atoms with Gasteiger partial charge in [-0.1, -0.05) is 258 Å². The molecule has 11 aromatic carbocycles. The van der Waals surface area contributed by atoms with E-state index in [1.807, 2.05) is 146 Å². The largest absolute Gasteiger partial charge is 0.458 e. The SMILES string of the molecule is [2H]c1c([2H])c([2H])c2c(c1[2H])C(C)(C)c1c([2H])c([2H])c(-c3ccc(-c4c([2H])c([2H])c5c(c4[2H])C(C)(C)c4c([2H])c([2H])c([2H])c([2H])c4C5(C)C)c4c3-c3ccccc3-c3ccccc3-c3cccc5c3[n+]-4[c-]n5-c3cccc(Oc4ccc5c6ccccc6n(-c6cc(C(C)(C)C)ccn6)c5c4)c3)c([2H])c1C2(C)C. The van der Waals surface area contributed by atoms with Gasteiger partial charge >= 0.3 is 0 Å². The van der Waals surface area contributed by atoms with Gasteiger partial charge in [0, 0.05) is 50.3 Å². The molecule has 17 rings (SSSR count). The van der Waals surface area contributed by atoms with Gasteiger partial charge in [-0.25, -0.2) is 4.98 Å². The van der Waals surface area contributed by atoms with E-state index in [1.54, 1.807) is 39.8 Å². The minimum absolute atomic E-state index is 0.0276. The van der Waals surface area contributed by atoms with Crippen LogP contribution in [-0.4, -0.2) is 14.1 Å². The molecule has 0 amide bonds. The zero-order valence-corrected chi connectivity index (χ0v) is 53.8. The number of ether oxygens (including phenoxy) is 1. The van der Waals surface area contributed by atoms with Gasteiger partial charge < -0.3 is 4.74 Å². The van der Waals surface area contributed by atoms with Crippen molar-refractivity contribution in [3.05, 3.63) is 305 Å². The van der Waals surface area contributed by atoms with Crippen LogP contribution in [0, 0.1) is 6.33 Å². The van der Waals surface area contributed by atoms with Crippen LogP contribution in [-0.2, 0) is 27.1 Å². The maximum atomic E-state index is 11.0. The van der Waals surface area contributed by atoms with Gasteiger partial charge in [0.2, 0.25) is 0 Å².